The lowest BCUT2D eigenvalue weighted by atomic mass is 10.1. The van der Waals surface area contributed by atoms with Crippen LogP contribution in [0.1, 0.15) is 33.1 Å². The van der Waals surface area contributed by atoms with E-state index in [4.69, 9.17) is 9.84 Å². The molecule has 0 heterocycles. The van der Waals surface area contributed by atoms with Crippen molar-refractivity contribution in [3.05, 3.63) is 0 Å². The van der Waals surface area contributed by atoms with E-state index in [0.717, 1.165) is 12.8 Å². The molecule has 1 atom stereocenters. The van der Waals surface area contributed by atoms with Crippen molar-refractivity contribution in [2.24, 2.45) is 0 Å². The molecule has 0 saturated heterocycles. The summed E-state index contributed by atoms with van der Waals surface area (Å²) in [5, 5.41) is 11.1. The molecule has 0 aliphatic rings. The van der Waals surface area contributed by atoms with Gasteiger partial charge in [0.1, 0.15) is 0 Å². The molecular formula is C10H19NO4S. The maximum absolute atomic E-state index is 11.1. The number of carbonyl (C=O) groups is 2. The summed E-state index contributed by atoms with van der Waals surface area (Å²) in [6.07, 6.45) is 1.13. The Morgan fingerprint density at radius 1 is 1.50 bits per heavy atom. The van der Waals surface area contributed by atoms with Crippen LogP contribution in [0.4, 0.5) is 4.79 Å². The second-order valence-electron chi connectivity index (χ2n) is 3.91. The van der Waals surface area contributed by atoms with Gasteiger partial charge in [-0.05, 0) is 13.3 Å². The largest absolute Gasteiger partial charge is 0.481 e. The number of aliphatic carboxylic acids is 1. The van der Waals surface area contributed by atoms with E-state index in [9.17, 15) is 9.59 Å². The summed E-state index contributed by atoms with van der Waals surface area (Å²) in [6, 6.07) is 0. The van der Waals surface area contributed by atoms with Gasteiger partial charge in [0, 0.05) is 11.3 Å². The average molecular weight is 249 g/mol. The van der Waals surface area contributed by atoms with E-state index < -0.39 is 16.8 Å². The molecule has 5 nitrogen and oxygen atoms in total. The molecule has 16 heavy (non-hydrogen) atoms. The van der Waals surface area contributed by atoms with Gasteiger partial charge in [-0.15, -0.1) is 0 Å². The van der Waals surface area contributed by atoms with Crippen LogP contribution in [0, 0.1) is 0 Å². The van der Waals surface area contributed by atoms with Crippen LogP contribution in [-0.2, 0) is 9.53 Å². The Labute approximate surface area is 101 Å². The summed E-state index contributed by atoms with van der Waals surface area (Å²) in [5.41, 5.74) is 0. The van der Waals surface area contributed by atoms with E-state index in [1.165, 1.54) is 0 Å². The lowest BCUT2D eigenvalue weighted by molar-refractivity contribution is -0.137. The Bertz CT molecular complexity index is 243. The van der Waals surface area contributed by atoms with Crippen molar-refractivity contribution >= 4 is 24.7 Å². The van der Waals surface area contributed by atoms with Gasteiger partial charge in [0.25, 0.3) is 0 Å². The van der Waals surface area contributed by atoms with Crippen molar-refractivity contribution in [2.45, 2.75) is 37.9 Å². The molecule has 6 heteroatoms. The highest BCUT2D eigenvalue weighted by Crippen LogP contribution is 2.16. The van der Waals surface area contributed by atoms with Crippen molar-refractivity contribution < 1.29 is 19.4 Å². The number of hydrogen-bond acceptors (Lipinski definition) is 4. The molecule has 0 aromatic carbocycles. The molecule has 2 N–H and O–H groups in total. The third-order valence-electron chi connectivity index (χ3n) is 1.88. The maximum Gasteiger partial charge on any atom is 0.407 e. The van der Waals surface area contributed by atoms with E-state index in [2.05, 4.69) is 17.9 Å². The van der Waals surface area contributed by atoms with Crippen LogP contribution in [0.25, 0.3) is 0 Å². The zero-order chi connectivity index (χ0) is 12.6. The number of amides is 1. The fourth-order valence-electron chi connectivity index (χ4n) is 1.01. The van der Waals surface area contributed by atoms with Gasteiger partial charge in [0.05, 0.1) is 13.0 Å². The summed E-state index contributed by atoms with van der Waals surface area (Å²) in [5.74, 6) is -0.946. The van der Waals surface area contributed by atoms with Crippen molar-refractivity contribution in [3.8, 4) is 0 Å². The fraction of sp³-hybridized carbons (Fsp3) is 0.800. The predicted molar refractivity (Wildman–Crippen MR) is 63.9 cm³/mol. The van der Waals surface area contributed by atoms with Gasteiger partial charge in [-0.1, -0.05) is 13.3 Å². The van der Waals surface area contributed by atoms with Gasteiger partial charge in [-0.2, -0.15) is 12.6 Å². The van der Waals surface area contributed by atoms with Crippen molar-refractivity contribution in [3.63, 3.8) is 0 Å². The monoisotopic (exact) mass is 249 g/mol. The third-order valence-corrected chi connectivity index (χ3v) is 2.19. The molecule has 0 radical (unpaired) electrons. The molecular weight excluding hydrogens is 230 g/mol. The lowest BCUT2D eigenvalue weighted by Crippen LogP contribution is -2.38. The molecule has 0 aliphatic carbocycles. The van der Waals surface area contributed by atoms with Gasteiger partial charge in [-0.3, -0.25) is 4.79 Å². The van der Waals surface area contributed by atoms with Gasteiger partial charge < -0.3 is 15.2 Å². The first kappa shape index (κ1) is 15.1. The van der Waals surface area contributed by atoms with Crippen molar-refractivity contribution in [1.29, 1.82) is 0 Å². The molecule has 1 unspecified atom stereocenters. The number of carboxylic acids is 1. The first-order chi connectivity index (χ1) is 7.37. The van der Waals surface area contributed by atoms with Crippen LogP contribution in [-0.4, -0.2) is 35.1 Å². The second-order valence-corrected chi connectivity index (χ2v) is 4.99. The number of thiol groups is 1. The quantitative estimate of drug-likeness (QED) is 0.474. The summed E-state index contributed by atoms with van der Waals surface area (Å²) in [4.78, 5) is 21.6. The van der Waals surface area contributed by atoms with Crippen LogP contribution in [0.2, 0.25) is 0 Å². The SMILES string of the molecule is CCCCOC(=O)NCC(C)(S)CC(=O)O. The normalized spacial score (nSPS) is 13.9. The minimum Gasteiger partial charge on any atom is -0.481 e. The van der Waals surface area contributed by atoms with Crippen LogP contribution >= 0.6 is 12.6 Å². The van der Waals surface area contributed by atoms with E-state index in [-0.39, 0.29) is 13.0 Å². The first-order valence-electron chi connectivity index (χ1n) is 5.22. The zero-order valence-corrected chi connectivity index (χ0v) is 10.5. The molecule has 0 saturated carbocycles. The zero-order valence-electron chi connectivity index (χ0n) is 9.65. The molecule has 1 amide bonds. The Kier molecular flexibility index (Phi) is 6.96. The van der Waals surface area contributed by atoms with E-state index in [1.807, 2.05) is 6.92 Å². The first-order valence-corrected chi connectivity index (χ1v) is 5.67. The second kappa shape index (κ2) is 7.38. The summed E-state index contributed by atoms with van der Waals surface area (Å²) in [7, 11) is 0. The topological polar surface area (TPSA) is 75.6 Å². The summed E-state index contributed by atoms with van der Waals surface area (Å²) >= 11 is 4.16. The number of rotatable bonds is 7. The van der Waals surface area contributed by atoms with Crippen molar-refractivity contribution in [2.75, 3.05) is 13.2 Å². The molecule has 0 rings (SSSR count). The maximum atomic E-state index is 11.1. The van der Waals surface area contributed by atoms with Gasteiger partial charge in [0.15, 0.2) is 0 Å². The Morgan fingerprint density at radius 2 is 2.12 bits per heavy atom. The van der Waals surface area contributed by atoms with Gasteiger partial charge >= 0.3 is 12.1 Å². The molecule has 0 fully saturated rings. The molecule has 94 valence electrons. The molecule has 0 aromatic rings. The van der Waals surface area contributed by atoms with E-state index >= 15 is 0 Å². The van der Waals surface area contributed by atoms with Crippen LogP contribution in [0.3, 0.4) is 0 Å². The van der Waals surface area contributed by atoms with Crippen LogP contribution in [0.15, 0.2) is 0 Å². The highest BCUT2D eigenvalue weighted by molar-refractivity contribution is 7.81. The van der Waals surface area contributed by atoms with E-state index in [1.54, 1.807) is 6.92 Å². The summed E-state index contributed by atoms with van der Waals surface area (Å²) < 4.78 is 4.08. The van der Waals surface area contributed by atoms with Crippen LogP contribution in [0.5, 0.6) is 0 Å². The smallest absolute Gasteiger partial charge is 0.407 e. The van der Waals surface area contributed by atoms with Gasteiger partial charge in [0.2, 0.25) is 0 Å². The number of unbranched alkanes of at least 4 members (excludes halogenated alkanes) is 1. The number of ether oxygens (including phenoxy) is 1. The number of hydrogen-bond donors (Lipinski definition) is 3. The predicted octanol–water partition coefficient (Wildman–Crippen LogP) is 1.68. The van der Waals surface area contributed by atoms with Crippen molar-refractivity contribution in [1.82, 2.24) is 5.32 Å². The number of nitrogens with one attached hydrogen (secondary N) is 1. The number of carbonyl (C=O) groups excluding carboxylic acids is 1. The molecule has 0 spiro atoms. The molecule has 0 aromatic heterocycles. The highest BCUT2D eigenvalue weighted by atomic mass is 32.1. The fourth-order valence-corrected chi connectivity index (χ4v) is 1.23. The number of carboxylic acid groups (broad SMARTS) is 1. The lowest BCUT2D eigenvalue weighted by Gasteiger charge is -2.21. The summed E-state index contributed by atoms with van der Waals surface area (Å²) in [6.45, 7) is 4.19. The average Bonchev–Trinajstić information content (AvgIpc) is 2.13. The van der Waals surface area contributed by atoms with Crippen LogP contribution < -0.4 is 5.32 Å². The Morgan fingerprint density at radius 3 is 2.62 bits per heavy atom. The van der Waals surface area contributed by atoms with E-state index in [0.29, 0.717) is 6.61 Å². The minimum absolute atomic E-state index is 0.120. The molecule has 0 bridgehead atoms. The molecule has 0 aliphatic heterocycles. The number of alkyl carbamates (subject to hydrolysis) is 1. The Balaban J connectivity index is 3.77. The Hall–Kier alpha value is -0.910. The standard InChI is InChI=1S/C10H19NO4S/c1-3-4-5-15-9(14)11-7-10(2,16)6-8(12)13/h16H,3-7H2,1-2H3,(H,11,14)(H,12,13). The van der Waals surface area contributed by atoms with Gasteiger partial charge in [-0.25, -0.2) is 4.79 Å². The minimum atomic E-state index is -0.946. The highest BCUT2D eigenvalue weighted by Gasteiger charge is 2.23. The third kappa shape index (κ3) is 8.40.